The summed E-state index contributed by atoms with van der Waals surface area (Å²) in [5, 5.41) is 8.10. The first-order valence-corrected chi connectivity index (χ1v) is 7.28. The van der Waals surface area contributed by atoms with E-state index in [1.165, 1.54) is 38.0 Å². The van der Waals surface area contributed by atoms with Crippen molar-refractivity contribution in [2.75, 3.05) is 19.5 Å². The summed E-state index contributed by atoms with van der Waals surface area (Å²) in [5.74, 6) is -0.752. The molecule has 0 radical (unpaired) electrons. The summed E-state index contributed by atoms with van der Waals surface area (Å²) < 4.78 is 10.4. The number of rotatable bonds is 5. The molecule has 9 heteroatoms. The van der Waals surface area contributed by atoms with Crippen molar-refractivity contribution in [2.24, 2.45) is 5.10 Å². The number of ether oxygens (including phenoxy) is 2. The molecule has 23 heavy (non-hydrogen) atoms. The minimum Gasteiger partial charge on any atom is -0.493 e. The van der Waals surface area contributed by atoms with Gasteiger partial charge in [0.15, 0.2) is 16.6 Å². The van der Waals surface area contributed by atoms with Crippen LogP contribution in [0.2, 0.25) is 0 Å². The first-order valence-electron chi connectivity index (χ1n) is 6.40. The molecule has 0 saturated heterocycles. The second kappa shape index (κ2) is 7.90. The summed E-state index contributed by atoms with van der Waals surface area (Å²) in [4.78, 5) is 27.1. The number of amides is 2. The molecule has 2 aromatic rings. The van der Waals surface area contributed by atoms with Gasteiger partial charge in [-0.25, -0.2) is 10.4 Å². The van der Waals surface area contributed by atoms with Crippen molar-refractivity contribution in [3.63, 3.8) is 0 Å². The maximum Gasteiger partial charge on any atom is 0.329 e. The number of aromatic nitrogens is 1. The number of carbonyl (C=O) groups is 2. The highest BCUT2D eigenvalue weighted by atomic mass is 32.1. The van der Waals surface area contributed by atoms with Crippen molar-refractivity contribution < 1.29 is 19.1 Å². The molecule has 0 saturated carbocycles. The van der Waals surface area contributed by atoms with Crippen LogP contribution in [0.25, 0.3) is 0 Å². The third kappa shape index (κ3) is 4.27. The number of anilines is 1. The Bertz CT molecular complexity index is 716. The van der Waals surface area contributed by atoms with Crippen molar-refractivity contribution in [1.82, 2.24) is 10.4 Å². The predicted molar refractivity (Wildman–Crippen MR) is 86.0 cm³/mol. The van der Waals surface area contributed by atoms with Gasteiger partial charge in [0.1, 0.15) is 0 Å². The molecule has 0 bridgehead atoms. The van der Waals surface area contributed by atoms with Crippen LogP contribution in [0.5, 0.6) is 11.5 Å². The average molecular weight is 334 g/mol. The van der Waals surface area contributed by atoms with E-state index in [1.54, 1.807) is 23.6 Å². The first-order chi connectivity index (χ1) is 11.2. The Morgan fingerprint density at radius 1 is 1.26 bits per heavy atom. The van der Waals surface area contributed by atoms with Crippen LogP contribution in [0.3, 0.4) is 0 Å². The Morgan fingerprint density at radius 2 is 2.09 bits per heavy atom. The van der Waals surface area contributed by atoms with E-state index < -0.39 is 11.8 Å². The van der Waals surface area contributed by atoms with Crippen molar-refractivity contribution in [1.29, 1.82) is 0 Å². The summed E-state index contributed by atoms with van der Waals surface area (Å²) in [5.41, 5.74) is 2.72. The number of hydrogen-bond donors (Lipinski definition) is 2. The van der Waals surface area contributed by atoms with Crippen molar-refractivity contribution in [3.05, 3.63) is 35.3 Å². The summed E-state index contributed by atoms with van der Waals surface area (Å²) >= 11 is 1.21. The third-order valence-corrected chi connectivity index (χ3v) is 3.35. The molecule has 0 unspecified atom stereocenters. The smallest absolute Gasteiger partial charge is 0.329 e. The normalized spacial score (nSPS) is 10.3. The van der Waals surface area contributed by atoms with Crippen LogP contribution in [0, 0.1) is 0 Å². The quantitative estimate of drug-likeness (QED) is 0.487. The molecule has 0 fully saturated rings. The Hall–Kier alpha value is -2.94. The Balaban J connectivity index is 1.98. The van der Waals surface area contributed by atoms with E-state index in [-0.39, 0.29) is 0 Å². The SMILES string of the molecule is COc1cccc(/C=N\NC(=O)C(=O)Nc2nccs2)c1OC. The van der Waals surface area contributed by atoms with Gasteiger partial charge in [0.2, 0.25) is 0 Å². The third-order valence-electron chi connectivity index (χ3n) is 2.66. The molecule has 1 aromatic heterocycles. The lowest BCUT2D eigenvalue weighted by Gasteiger charge is -2.09. The Kier molecular flexibility index (Phi) is 5.64. The van der Waals surface area contributed by atoms with Gasteiger partial charge in [0.05, 0.1) is 20.4 Å². The van der Waals surface area contributed by atoms with Crippen LogP contribution in [0.4, 0.5) is 5.13 Å². The maximum atomic E-state index is 11.6. The lowest BCUT2D eigenvalue weighted by molar-refractivity contribution is -0.136. The molecular weight excluding hydrogens is 320 g/mol. The number of nitrogens with zero attached hydrogens (tertiary/aromatic N) is 2. The molecule has 1 heterocycles. The summed E-state index contributed by atoms with van der Waals surface area (Å²) in [6.45, 7) is 0. The van der Waals surface area contributed by atoms with Crippen molar-refractivity contribution in [2.45, 2.75) is 0 Å². The monoisotopic (exact) mass is 334 g/mol. The molecule has 2 amide bonds. The highest BCUT2D eigenvalue weighted by Crippen LogP contribution is 2.29. The maximum absolute atomic E-state index is 11.6. The standard InChI is InChI=1S/C14H14N4O4S/c1-21-10-5-3-4-9(11(10)22-2)8-16-18-13(20)12(19)17-14-15-6-7-23-14/h3-8H,1-2H3,(H,18,20)(H,15,17,19)/b16-8-. The fraction of sp³-hybridized carbons (Fsp3) is 0.143. The molecule has 0 aliphatic heterocycles. The molecule has 0 atom stereocenters. The van der Waals surface area contributed by atoms with E-state index in [9.17, 15) is 9.59 Å². The van der Waals surface area contributed by atoms with E-state index in [4.69, 9.17) is 9.47 Å². The van der Waals surface area contributed by atoms with Gasteiger partial charge >= 0.3 is 11.8 Å². The van der Waals surface area contributed by atoms with Gasteiger partial charge < -0.3 is 9.47 Å². The lowest BCUT2D eigenvalue weighted by Crippen LogP contribution is -2.32. The fourth-order valence-electron chi connectivity index (χ4n) is 1.66. The van der Waals surface area contributed by atoms with E-state index in [1.807, 2.05) is 0 Å². The Morgan fingerprint density at radius 3 is 2.74 bits per heavy atom. The van der Waals surface area contributed by atoms with Crippen molar-refractivity contribution >= 4 is 34.5 Å². The summed E-state index contributed by atoms with van der Waals surface area (Å²) in [6.07, 6.45) is 2.88. The topological polar surface area (TPSA) is 102 Å². The number of nitrogens with one attached hydrogen (secondary N) is 2. The number of methoxy groups -OCH3 is 2. The van der Waals surface area contributed by atoms with E-state index >= 15 is 0 Å². The molecule has 2 N–H and O–H groups in total. The first kappa shape index (κ1) is 16.4. The van der Waals surface area contributed by atoms with Gasteiger partial charge in [-0.2, -0.15) is 5.10 Å². The largest absolute Gasteiger partial charge is 0.493 e. The molecule has 0 spiro atoms. The average Bonchev–Trinajstić information content (AvgIpc) is 3.07. The number of benzene rings is 1. The minimum absolute atomic E-state index is 0.337. The van der Waals surface area contributed by atoms with E-state index in [0.717, 1.165) is 0 Å². The zero-order valence-corrected chi connectivity index (χ0v) is 13.2. The second-order valence-electron chi connectivity index (χ2n) is 4.07. The molecule has 2 rings (SSSR count). The minimum atomic E-state index is -0.904. The highest BCUT2D eigenvalue weighted by molar-refractivity contribution is 7.13. The number of carbonyl (C=O) groups excluding carboxylic acids is 2. The summed E-state index contributed by atoms with van der Waals surface area (Å²) in [6, 6.07) is 5.21. The van der Waals surface area contributed by atoms with Gasteiger partial charge in [-0.15, -0.1) is 11.3 Å². The molecule has 0 aliphatic rings. The molecule has 120 valence electrons. The van der Waals surface area contributed by atoms with Gasteiger partial charge in [-0.1, -0.05) is 6.07 Å². The number of thiazole rings is 1. The van der Waals surface area contributed by atoms with E-state index in [0.29, 0.717) is 22.2 Å². The zero-order valence-electron chi connectivity index (χ0n) is 12.4. The van der Waals surface area contributed by atoms with Crippen LogP contribution in [-0.2, 0) is 9.59 Å². The second-order valence-corrected chi connectivity index (χ2v) is 4.97. The van der Waals surface area contributed by atoms with Gasteiger partial charge in [0, 0.05) is 17.1 Å². The highest BCUT2D eigenvalue weighted by Gasteiger charge is 2.14. The van der Waals surface area contributed by atoms with Crippen molar-refractivity contribution in [3.8, 4) is 11.5 Å². The molecule has 0 aliphatic carbocycles. The fourth-order valence-corrected chi connectivity index (χ4v) is 2.19. The van der Waals surface area contributed by atoms with Gasteiger partial charge in [-0.05, 0) is 12.1 Å². The molecule has 8 nitrogen and oxygen atoms in total. The zero-order chi connectivity index (χ0) is 16.7. The van der Waals surface area contributed by atoms with E-state index in [2.05, 4.69) is 20.8 Å². The number of para-hydroxylation sites is 1. The predicted octanol–water partition coefficient (Wildman–Crippen LogP) is 1.25. The molecular formula is C14H14N4O4S. The lowest BCUT2D eigenvalue weighted by atomic mass is 10.2. The van der Waals surface area contributed by atoms with Crippen LogP contribution in [0.15, 0.2) is 34.9 Å². The van der Waals surface area contributed by atoms with Crippen LogP contribution < -0.4 is 20.2 Å². The Labute approximate surface area is 136 Å². The molecule has 1 aromatic carbocycles. The van der Waals surface area contributed by atoms with Crippen LogP contribution in [-0.4, -0.2) is 37.2 Å². The number of hydrazone groups is 1. The van der Waals surface area contributed by atoms with Gasteiger partial charge in [0.25, 0.3) is 0 Å². The van der Waals surface area contributed by atoms with Crippen LogP contribution >= 0.6 is 11.3 Å². The number of hydrogen-bond acceptors (Lipinski definition) is 7. The summed E-state index contributed by atoms with van der Waals surface area (Å²) in [7, 11) is 3.01. The van der Waals surface area contributed by atoms with Crippen LogP contribution in [0.1, 0.15) is 5.56 Å². The van der Waals surface area contributed by atoms with Gasteiger partial charge in [-0.3, -0.25) is 14.9 Å².